The van der Waals surface area contributed by atoms with Gasteiger partial charge in [-0.15, -0.1) is 6.58 Å². The second kappa shape index (κ2) is 5.27. The third-order valence-corrected chi connectivity index (χ3v) is 2.64. The Labute approximate surface area is 92.1 Å². The molecule has 0 fully saturated rings. The Morgan fingerprint density at radius 1 is 1.64 bits per heavy atom. The number of hydrogen-bond acceptors (Lipinski definition) is 1. The van der Waals surface area contributed by atoms with Crippen molar-refractivity contribution in [1.82, 2.24) is 5.32 Å². The molecule has 1 aromatic carbocycles. The fourth-order valence-electron chi connectivity index (χ4n) is 1.29. The van der Waals surface area contributed by atoms with Gasteiger partial charge in [-0.25, -0.2) is 4.39 Å². The minimum absolute atomic E-state index is 0.0648. The normalized spacial score (nSPS) is 12.5. The highest BCUT2D eigenvalue weighted by atomic mass is 79.9. The van der Waals surface area contributed by atoms with Crippen LogP contribution in [-0.2, 0) is 0 Å². The first-order chi connectivity index (χ1) is 6.69. The van der Waals surface area contributed by atoms with Gasteiger partial charge >= 0.3 is 0 Å². The molecule has 0 aliphatic carbocycles. The second-order valence-electron chi connectivity index (χ2n) is 2.94. The lowest BCUT2D eigenvalue weighted by Gasteiger charge is -2.15. The Balaban J connectivity index is 2.98. The van der Waals surface area contributed by atoms with Crippen molar-refractivity contribution in [2.24, 2.45) is 0 Å². The molecular formula is C11H13BrFN. The van der Waals surface area contributed by atoms with Crippen LogP contribution in [0.3, 0.4) is 0 Å². The number of likely N-dealkylation sites (N-methyl/N-ethyl adjacent to an activating group) is 1. The molecule has 0 saturated carbocycles. The molecule has 14 heavy (non-hydrogen) atoms. The molecule has 0 amide bonds. The lowest BCUT2D eigenvalue weighted by Crippen LogP contribution is -2.19. The van der Waals surface area contributed by atoms with Crippen molar-refractivity contribution < 1.29 is 4.39 Å². The minimum Gasteiger partial charge on any atom is -0.307 e. The molecule has 0 saturated heterocycles. The van der Waals surface area contributed by atoms with Gasteiger partial charge in [0.1, 0.15) is 5.82 Å². The fourth-order valence-corrected chi connectivity index (χ4v) is 1.89. The van der Waals surface area contributed by atoms with Gasteiger partial charge in [-0.2, -0.15) is 0 Å². The Bertz CT molecular complexity index is 325. The van der Waals surface area contributed by atoms with Crippen LogP contribution in [0.5, 0.6) is 0 Å². The van der Waals surface area contributed by atoms with Crippen molar-refractivity contribution in [3.05, 3.63) is 46.7 Å². The molecule has 0 spiro atoms. The summed E-state index contributed by atoms with van der Waals surface area (Å²) in [7, 11) is 0. The van der Waals surface area contributed by atoms with Crippen molar-refractivity contribution in [1.29, 1.82) is 0 Å². The predicted molar refractivity (Wildman–Crippen MR) is 60.7 cm³/mol. The fraction of sp³-hybridized carbons (Fsp3) is 0.273. The summed E-state index contributed by atoms with van der Waals surface area (Å²) >= 11 is 3.33. The van der Waals surface area contributed by atoms with Crippen LogP contribution >= 0.6 is 15.9 Å². The maximum Gasteiger partial charge on any atom is 0.124 e. The Morgan fingerprint density at radius 2 is 2.36 bits per heavy atom. The Morgan fingerprint density at radius 3 is 2.86 bits per heavy atom. The highest BCUT2D eigenvalue weighted by Gasteiger charge is 2.09. The van der Waals surface area contributed by atoms with Gasteiger partial charge in [0.15, 0.2) is 0 Å². The molecule has 76 valence electrons. The molecule has 1 atom stereocenters. The van der Waals surface area contributed by atoms with Crippen LogP contribution < -0.4 is 5.32 Å². The van der Waals surface area contributed by atoms with Crippen LogP contribution in [-0.4, -0.2) is 6.54 Å². The number of halogens is 2. The summed E-state index contributed by atoms with van der Waals surface area (Å²) in [5.41, 5.74) is 1.00. The van der Waals surface area contributed by atoms with E-state index in [4.69, 9.17) is 0 Å². The highest BCUT2D eigenvalue weighted by Crippen LogP contribution is 2.24. The van der Waals surface area contributed by atoms with Crippen molar-refractivity contribution in [2.75, 3.05) is 6.54 Å². The number of rotatable bonds is 4. The number of benzene rings is 1. The molecule has 0 aromatic heterocycles. The van der Waals surface area contributed by atoms with Crippen LogP contribution in [0.25, 0.3) is 0 Å². The molecule has 0 aliphatic rings. The lowest BCUT2D eigenvalue weighted by atomic mass is 10.1. The summed E-state index contributed by atoms with van der Waals surface area (Å²) in [5.74, 6) is -0.236. The summed E-state index contributed by atoms with van der Waals surface area (Å²) in [6, 6.07) is 4.74. The lowest BCUT2D eigenvalue weighted by molar-refractivity contribution is 0.617. The van der Waals surface area contributed by atoms with Gasteiger partial charge in [-0.05, 0) is 24.2 Å². The van der Waals surface area contributed by atoms with Crippen LogP contribution in [0.1, 0.15) is 18.5 Å². The number of nitrogens with one attached hydrogen (secondary N) is 1. The second-order valence-corrected chi connectivity index (χ2v) is 3.79. The third-order valence-electron chi connectivity index (χ3n) is 1.96. The topological polar surface area (TPSA) is 12.0 Å². The van der Waals surface area contributed by atoms with E-state index in [9.17, 15) is 4.39 Å². The zero-order chi connectivity index (χ0) is 10.6. The SMILES string of the molecule is C=CC(NCC)c1ccc(F)cc1Br. The van der Waals surface area contributed by atoms with E-state index in [1.165, 1.54) is 12.1 Å². The van der Waals surface area contributed by atoms with Crippen molar-refractivity contribution in [3.63, 3.8) is 0 Å². The van der Waals surface area contributed by atoms with Gasteiger partial charge in [-0.3, -0.25) is 0 Å². The standard InChI is InChI=1S/C11H13BrFN/c1-3-11(14-4-2)9-6-5-8(13)7-10(9)12/h3,5-7,11,14H,1,4H2,2H3. The van der Waals surface area contributed by atoms with E-state index >= 15 is 0 Å². The van der Waals surface area contributed by atoms with Gasteiger partial charge < -0.3 is 5.32 Å². The van der Waals surface area contributed by atoms with E-state index in [1.807, 2.05) is 13.0 Å². The van der Waals surface area contributed by atoms with Crippen LogP contribution in [0.15, 0.2) is 35.3 Å². The average molecular weight is 258 g/mol. The molecule has 0 bridgehead atoms. The molecule has 0 radical (unpaired) electrons. The van der Waals surface area contributed by atoms with Gasteiger partial charge in [0.05, 0.1) is 6.04 Å². The van der Waals surface area contributed by atoms with E-state index in [-0.39, 0.29) is 11.9 Å². The van der Waals surface area contributed by atoms with E-state index in [0.717, 1.165) is 16.6 Å². The summed E-state index contributed by atoms with van der Waals surface area (Å²) in [4.78, 5) is 0. The van der Waals surface area contributed by atoms with E-state index in [2.05, 4.69) is 27.8 Å². The van der Waals surface area contributed by atoms with Gasteiger partial charge in [0.2, 0.25) is 0 Å². The summed E-state index contributed by atoms with van der Waals surface area (Å²) in [5, 5.41) is 3.24. The van der Waals surface area contributed by atoms with E-state index < -0.39 is 0 Å². The minimum atomic E-state index is -0.236. The summed E-state index contributed by atoms with van der Waals surface area (Å²) < 4.78 is 13.6. The first kappa shape index (κ1) is 11.4. The molecule has 0 aliphatic heterocycles. The molecule has 0 heterocycles. The molecule has 1 aromatic rings. The zero-order valence-corrected chi connectivity index (χ0v) is 9.64. The van der Waals surface area contributed by atoms with E-state index in [0.29, 0.717) is 0 Å². The van der Waals surface area contributed by atoms with Gasteiger partial charge in [-0.1, -0.05) is 35.0 Å². The largest absolute Gasteiger partial charge is 0.307 e. The Kier molecular flexibility index (Phi) is 4.29. The molecule has 3 heteroatoms. The first-order valence-electron chi connectivity index (χ1n) is 4.50. The monoisotopic (exact) mass is 257 g/mol. The maximum atomic E-state index is 12.8. The van der Waals surface area contributed by atoms with Crippen LogP contribution in [0, 0.1) is 5.82 Å². The third kappa shape index (κ3) is 2.66. The predicted octanol–water partition coefficient (Wildman–Crippen LogP) is 3.42. The molecule has 1 N–H and O–H groups in total. The summed E-state index contributed by atoms with van der Waals surface area (Å²) in [6.07, 6.45) is 1.81. The highest BCUT2D eigenvalue weighted by molar-refractivity contribution is 9.10. The number of hydrogen-bond donors (Lipinski definition) is 1. The Hall–Kier alpha value is -0.670. The van der Waals surface area contributed by atoms with Gasteiger partial charge in [0, 0.05) is 4.47 Å². The zero-order valence-electron chi connectivity index (χ0n) is 8.06. The quantitative estimate of drug-likeness (QED) is 0.816. The van der Waals surface area contributed by atoms with Crippen LogP contribution in [0.4, 0.5) is 4.39 Å². The molecule has 1 nitrogen and oxygen atoms in total. The smallest absolute Gasteiger partial charge is 0.124 e. The maximum absolute atomic E-state index is 12.8. The summed E-state index contributed by atoms with van der Waals surface area (Å²) in [6.45, 7) is 6.61. The first-order valence-corrected chi connectivity index (χ1v) is 5.29. The van der Waals surface area contributed by atoms with Crippen molar-refractivity contribution in [3.8, 4) is 0 Å². The average Bonchev–Trinajstić information content (AvgIpc) is 2.15. The van der Waals surface area contributed by atoms with Gasteiger partial charge in [0.25, 0.3) is 0 Å². The molecule has 1 unspecified atom stereocenters. The molecular weight excluding hydrogens is 245 g/mol. The van der Waals surface area contributed by atoms with Crippen molar-refractivity contribution >= 4 is 15.9 Å². The molecule has 1 rings (SSSR count). The van der Waals surface area contributed by atoms with Crippen molar-refractivity contribution in [2.45, 2.75) is 13.0 Å². The van der Waals surface area contributed by atoms with E-state index in [1.54, 1.807) is 6.07 Å². The van der Waals surface area contributed by atoms with Crippen LogP contribution in [0.2, 0.25) is 0 Å².